The quantitative estimate of drug-likeness (QED) is 0.701. The Morgan fingerprint density at radius 1 is 1.43 bits per heavy atom. The number of nitrogens with two attached hydrogens (primary N) is 1. The Morgan fingerprint density at radius 2 is 1.93 bits per heavy atom. The highest BCUT2D eigenvalue weighted by Crippen LogP contribution is 2.40. The fourth-order valence-corrected chi connectivity index (χ4v) is 2.51. The molecule has 0 fully saturated rings. The Hall–Kier alpha value is -0.0500. The first kappa shape index (κ1) is 12.0. The molecule has 1 rings (SSSR count). The van der Waals surface area contributed by atoms with E-state index in [2.05, 4.69) is 20.9 Å². The number of hydrogen-bond acceptors (Lipinski definition) is 2. The lowest BCUT2D eigenvalue weighted by Gasteiger charge is -2.14. The maximum atomic E-state index is 12.6. The van der Waals surface area contributed by atoms with Crippen molar-refractivity contribution < 1.29 is 13.2 Å². The Morgan fingerprint density at radius 3 is 2.36 bits per heavy atom. The fourth-order valence-electron chi connectivity index (χ4n) is 0.933. The minimum atomic E-state index is -4.42. The second kappa shape index (κ2) is 3.84. The molecular formula is C7H5BrF3IN2. The summed E-state index contributed by atoms with van der Waals surface area (Å²) in [6.07, 6.45) is -4.42. The maximum Gasteiger partial charge on any atom is 0.418 e. The molecule has 0 aliphatic rings. The van der Waals surface area contributed by atoms with Crippen LogP contribution in [0.4, 0.5) is 19.0 Å². The summed E-state index contributed by atoms with van der Waals surface area (Å²) in [5.74, 6) is -0.0985. The van der Waals surface area contributed by atoms with Crippen molar-refractivity contribution >= 4 is 44.3 Å². The number of nitrogens with zero attached hydrogens (tertiary/aromatic N) is 1. The van der Waals surface area contributed by atoms with Crippen LogP contribution in [-0.4, -0.2) is 4.98 Å². The molecule has 0 unspecified atom stereocenters. The van der Waals surface area contributed by atoms with Crippen LogP contribution in [0.5, 0.6) is 0 Å². The highest BCUT2D eigenvalue weighted by molar-refractivity contribution is 14.1. The molecule has 1 aromatic rings. The summed E-state index contributed by atoms with van der Waals surface area (Å²) in [5.41, 5.74) is 4.82. The van der Waals surface area contributed by atoms with Gasteiger partial charge in [-0.25, -0.2) is 4.98 Å². The van der Waals surface area contributed by atoms with Crippen LogP contribution in [0, 0.1) is 10.5 Å². The summed E-state index contributed by atoms with van der Waals surface area (Å²) in [7, 11) is 0. The van der Waals surface area contributed by atoms with Gasteiger partial charge in [0.05, 0.1) is 19.3 Å². The molecule has 0 aromatic carbocycles. The predicted octanol–water partition coefficient (Wildman–Crippen LogP) is 3.36. The van der Waals surface area contributed by atoms with E-state index in [0.717, 1.165) is 0 Å². The Kier molecular flexibility index (Phi) is 3.30. The second-order valence-corrected chi connectivity index (χ2v) is 4.45. The van der Waals surface area contributed by atoms with Crippen molar-refractivity contribution in [2.45, 2.75) is 13.1 Å². The first-order valence-electron chi connectivity index (χ1n) is 3.43. The van der Waals surface area contributed by atoms with E-state index in [-0.39, 0.29) is 19.6 Å². The summed E-state index contributed by atoms with van der Waals surface area (Å²) in [6.45, 7) is 1.46. The third-order valence-electron chi connectivity index (χ3n) is 1.55. The van der Waals surface area contributed by atoms with Gasteiger partial charge in [-0.05, 0) is 45.4 Å². The number of alkyl halides is 3. The smallest absolute Gasteiger partial charge is 0.383 e. The molecule has 78 valence electrons. The van der Waals surface area contributed by atoms with E-state index >= 15 is 0 Å². The zero-order valence-electron chi connectivity index (χ0n) is 6.91. The standard InChI is InChI=1S/C7H5BrF3IN2/c1-2-4(8)3(7(9,10)11)5(12)6(13)14-2/h1H3,(H2,13,14). The van der Waals surface area contributed by atoms with Gasteiger partial charge >= 0.3 is 6.18 Å². The van der Waals surface area contributed by atoms with Crippen LogP contribution in [0.1, 0.15) is 11.3 Å². The van der Waals surface area contributed by atoms with Gasteiger partial charge in [-0.1, -0.05) is 0 Å². The molecular weight excluding hydrogens is 376 g/mol. The zero-order valence-corrected chi connectivity index (χ0v) is 10.7. The van der Waals surface area contributed by atoms with Crippen molar-refractivity contribution in [3.8, 4) is 0 Å². The van der Waals surface area contributed by atoms with Crippen LogP contribution >= 0.6 is 38.5 Å². The van der Waals surface area contributed by atoms with E-state index in [0.29, 0.717) is 0 Å². The second-order valence-electron chi connectivity index (χ2n) is 2.58. The molecule has 0 saturated heterocycles. The fraction of sp³-hybridized carbons (Fsp3) is 0.286. The summed E-state index contributed by atoms with van der Waals surface area (Å²) in [5, 5.41) is 0. The van der Waals surface area contributed by atoms with Gasteiger partial charge in [0.25, 0.3) is 0 Å². The van der Waals surface area contributed by atoms with Crippen molar-refractivity contribution in [3.63, 3.8) is 0 Å². The van der Waals surface area contributed by atoms with Crippen LogP contribution in [0.3, 0.4) is 0 Å². The molecule has 1 aromatic heterocycles. The summed E-state index contributed by atoms with van der Waals surface area (Å²) >= 11 is 4.39. The van der Waals surface area contributed by atoms with Crippen LogP contribution < -0.4 is 5.73 Å². The molecule has 0 atom stereocenters. The molecule has 0 radical (unpaired) electrons. The van der Waals surface area contributed by atoms with Crippen molar-refractivity contribution in [2.75, 3.05) is 5.73 Å². The van der Waals surface area contributed by atoms with Crippen molar-refractivity contribution in [1.82, 2.24) is 4.98 Å². The number of rotatable bonds is 0. The molecule has 7 heteroatoms. The van der Waals surface area contributed by atoms with E-state index in [1.807, 2.05) is 0 Å². The van der Waals surface area contributed by atoms with Gasteiger partial charge in [0.1, 0.15) is 5.82 Å². The molecule has 2 N–H and O–H groups in total. The lowest BCUT2D eigenvalue weighted by atomic mass is 10.2. The van der Waals surface area contributed by atoms with E-state index in [1.165, 1.54) is 29.5 Å². The molecule has 0 aliphatic carbocycles. The minimum absolute atomic E-state index is 0.0522. The summed E-state index contributed by atoms with van der Waals surface area (Å²) in [6, 6.07) is 0. The zero-order chi connectivity index (χ0) is 11.1. The van der Waals surface area contributed by atoms with Crippen LogP contribution in [0.25, 0.3) is 0 Å². The largest absolute Gasteiger partial charge is 0.418 e. The maximum absolute atomic E-state index is 12.6. The minimum Gasteiger partial charge on any atom is -0.383 e. The van der Waals surface area contributed by atoms with Crippen molar-refractivity contribution in [3.05, 3.63) is 19.3 Å². The lowest BCUT2D eigenvalue weighted by molar-refractivity contribution is -0.138. The monoisotopic (exact) mass is 380 g/mol. The topological polar surface area (TPSA) is 38.9 Å². The number of hydrogen-bond donors (Lipinski definition) is 1. The first-order chi connectivity index (χ1) is 6.25. The first-order valence-corrected chi connectivity index (χ1v) is 5.30. The van der Waals surface area contributed by atoms with Gasteiger partial charge in [-0.3, -0.25) is 0 Å². The third kappa shape index (κ3) is 2.13. The van der Waals surface area contributed by atoms with Crippen molar-refractivity contribution in [2.24, 2.45) is 0 Å². The number of aromatic nitrogens is 1. The third-order valence-corrected chi connectivity index (χ3v) is 3.62. The number of nitrogen functional groups attached to an aromatic ring is 1. The number of halogens is 5. The highest BCUT2D eigenvalue weighted by atomic mass is 127. The van der Waals surface area contributed by atoms with E-state index in [1.54, 1.807) is 0 Å². The summed E-state index contributed by atoms with van der Waals surface area (Å²) in [4.78, 5) is 3.77. The SMILES string of the molecule is Cc1nc(N)c(I)c(C(F)(F)F)c1Br. The van der Waals surface area contributed by atoms with Crippen LogP contribution in [0.2, 0.25) is 0 Å². The molecule has 0 spiro atoms. The normalized spacial score (nSPS) is 11.9. The average molecular weight is 381 g/mol. The average Bonchev–Trinajstić information content (AvgIpc) is 1.98. The molecule has 0 bridgehead atoms. The molecule has 0 amide bonds. The van der Waals surface area contributed by atoms with Gasteiger partial charge in [0.2, 0.25) is 0 Å². The van der Waals surface area contributed by atoms with Gasteiger partial charge in [-0.15, -0.1) is 0 Å². The van der Waals surface area contributed by atoms with Crippen LogP contribution in [-0.2, 0) is 6.18 Å². The van der Waals surface area contributed by atoms with Crippen LogP contribution in [0.15, 0.2) is 4.47 Å². The molecule has 1 heterocycles. The molecule has 0 aliphatic heterocycles. The molecule has 14 heavy (non-hydrogen) atoms. The molecule has 0 saturated carbocycles. The lowest BCUT2D eigenvalue weighted by Crippen LogP contribution is -2.13. The van der Waals surface area contributed by atoms with E-state index in [4.69, 9.17) is 5.73 Å². The number of pyridine rings is 1. The van der Waals surface area contributed by atoms with Gasteiger partial charge in [0.15, 0.2) is 0 Å². The number of anilines is 1. The molecule has 2 nitrogen and oxygen atoms in total. The van der Waals surface area contributed by atoms with Gasteiger partial charge in [0, 0.05) is 0 Å². The Labute approximate surface area is 100 Å². The van der Waals surface area contributed by atoms with E-state index < -0.39 is 11.7 Å². The Bertz CT molecular complexity index is 352. The van der Waals surface area contributed by atoms with Gasteiger partial charge < -0.3 is 5.73 Å². The predicted molar refractivity (Wildman–Crippen MR) is 58.8 cm³/mol. The summed E-state index contributed by atoms with van der Waals surface area (Å²) < 4.78 is 37.5. The van der Waals surface area contributed by atoms with Gasteiger partial charge in [-0.2, -0.15) is 13.2 Å². The highest BCUT2D eigenvalue weighted by Gasteiger charge is 2.37. The van der Waals surface area contributed by atoms with E-state index in [9.17, 15) is 13.2 Å². The number of aryl methyl sites for hydroxylation is 1. The Balaban J connectivity index is 3.56. The van der Waals surface area contributed by atoms with Crippen molar-refractivity contribution in [1.29, 1.82) is 0 Å².